The Balaban J connectivity index is 1.69. The molecule has 0 aromatic carbocycles. The molecular weight excluding hydrogens is 313 g/mol. The van der Waals surface area contributed by atoms with Gasteiger partial charge in [0.2, 0.25) is 5.76 Å². The summed E-state index contributed by atoms with van der Waals surface area (Å²) in [4.78, 5) is 23.2. The van der Waals surface area contributed by atoms with Crippen LogP contribution in [0.2, 0.25) is 0 Å². The first-order valence-corrected chi connectivity index (χ1v) is 6.93. The number of nitrogens with zero attached hydrogens (tertiary/aromatic N) is 4. The van der Waals surface area contributed by atoms with E-state index in [2.05, 4.69) is 14.4 Å². The summed E-state index contributed by atoms with van der Waals surface area (Å²) in [6.07, 6.45) is -2.44. The summed E-state index contributed by atoms with van der Waals surface area (Å²) in [6, 6.07) is 5.49. The van der Waals surface area contributed by atoms with E-state index in [4.69, 9.17) is 0 Å². The van der Waals surface area contributed by atoms with Crippen molar-refractivity contribution in [2.24, 2.45) is 0 Å². The number of pyridine rings is 1. The van der Waals surface area contributed by atoms with Crippen LogP contribution in [0.15, 0.2) is 35.2 Å². The van der Waals surface area contributed by atoms with Gasteiger partial charge in [-0.1, -0.05) is 6.07 Å². The van der Waals surface area contributed by atoms with E-state index in [9.17, 15) is 18.0 Å². The van der Waals surface area contributed by atoms with Crippen LogP contribution in [0.3, 0.4) is 0 Å². The first kappa shape index (κ1) is 15.3. The van der Waals surface area contributed by atoms with Crippen LogP contribution in [0.5, 0.6) is 0 Å². The second kappa shape index (κ2) is 5.90. The number of anilines is 1. The van der Waals surface area contributed by atoms with Gasteiger partial charge in [-0.2, -0.15) is 13.2 Å². The van der Waals surface area contributed by atoms with Crippen molar-refractivity contribution in [1.82, 2.24) is 14.9 Å². The summed E-state index contributed by atoms with van der Waals surface area (Å²) in [7, 11) is 0. The Labute approximate surface area is 129 Å². The van der Waals surface area contributed by atoms with Crippen LogP contribution in [0.4, 0.5) is 19.0 Å². The molecule has 0 spiro atoms. The first-order chi connectivity index (χ1) is 11.0. The molecule has 1 fully saturated rings. The zero-order chi connectivity index (χ0) is 16.4. The van der Waals surface area contributed by atoms with Crippen LogP contribution in [0, 0.1) is 0 Å². The highest BCUT2D eigenvalue weighted by molar-refractivity contribution is 5.93. The molecular formula is C14H13F3N4O2. The molecule has 2 aromatic heterocycles. The van der Waals surface area contributed by atoms with Crippen LogP contribution in [-0.4, -0.2) is 47.0 Å². The summed E-state index contributed by atoms with van der Waals surface area (Å²) in [5, 5.41) is 0. The zero-order valence-electron chi connectivity index (χ0n) is 12.0. The average Bonchev–Trinajstić information content (AvgIpc) is 3.05. The van der Waals surface area contributed by atoms with Gasteiger partial charge in [0.15, 0.2) is 12.1 Å². The highest BCUT2D eigenvalue weighted by atomic mass is 19.4. The van der Waals surface area contributed by atoms with Crippen molar-refractivity contribution in [2.45, 2.75) is 6.18 Å². The Morgan fingerprint density at radius 2 is 1.87 bits per heavy atom. The van der Waals surface area contributed by atoms with Gasteiger partial charge in [0.1, 0.15) is 5.82 Å². The smallest absolute Gasteiger partial charge is 0.438 e. The third kappa shape index (κ3) is 3.13. The van der Waals surface area contributed by atoms with Crippen molar-refractivity contribution in [3.63, 3.8) is 0 Å². The fraction of sp³-hybridized carbons (Fsp3) is 0.357. The maximum Gasteiger partial charge on any atom is 0.452 e. The number of alkyl halides is 3. The lowest BCUT2D eigenvalue weighted by Gasteiger charge is -2.35. The van der Waals surface area contributed by atoms with Crippen molar-refractivity contribution in [2.75, 3.05) is 31.1 Å². The summed E-state index contributed by atoms with van der Waals surface area (Å²) in [5.74, 6) is -1.35. The quantitative estimate of drug-likeness (QED) is 0.845. The Bertz CT molecular complexity index is 679. The molecule has 23 heavy (non-hydrogen) atoms. The molecule has 2 aromatic rings. The molecule has 9 heteroatoms. The van der Waals surface area contributed by atoms with Gasteiger partial charge in [0, 0.05) is 32.4 Å². The van der Waals surface area contributed by atoms with Gasteiger partial charge in [-0.15, -0.1) is 0 Å². The van der Waals surface area contributed by atoms with E-state index >= 15 is 0 Å². The molecule has 1 aliphatic rings. The van der Waals surface area contributed by atoms with Crippen molar-refractivity contribution in [3.8, 4) is 0 Å². The lowest BCUT2D eigenvalue weighted by molar-refractivity contribution is -0.153. The molecule has 3 rings (SSSR count). The minimum absolute atomic E-state index is 0.291. The molecule has 0 bridgehead atoms. The lowest BCUT2D eigenvalue weighted by atomic mass is 10.2. The van der Waals surface area contributed by atoms with E-state index in [1.165, 1.54) is 4.90 Å². The Morgan fingerprint density at radius 3 is 2.48 bits per heavy atom. The molecule has 0 saturated carbocycles. The first-order valence-electron chi connectivity index (χ1n) is 6.93. The molecule has 3 heterocycles. The van der Waals surface area contributed by atoms with Gasteiger partial charge in [-0.25, -0.2) is 9.97 Å². The molecule has 0 atom stereocenters. The number of hydrogen-bond acceptors (Lipinski definition) is 5. The van der Waals surface area contributed by atoms with Crippen molar-refractivity contribution < 1.29 is 22.4 Å². The molecule has 0 radical (unpaired) electrons. The highest BCUT2D eigenvalue weighted by Gasteiger charge is 2.41. The predicted octanol–water partition coefficient (Wildman–Crippen LogP) is 2.05. The molecule has 0 unspecified atom stereocenters. The number of hydrogen-bond donors (Lipinski definition) is 0. The van der Waals surface area contributed by atoms with Crippen molar-refractivity contribution >= 4 is 11.7 Å². The molecule has 122 valence electrons. The fourth-order valence-corrected chi connectivity index (χ4v) is 2.43. The van der Waals surface area contributed by atoms with E-state index < -0.39 is 23.5 Å². The largest absolute Gasteiger partial charge is 0.452 e. The van der Waals surface area contributed by atoms with Crippen molar-refractivity contribution in [1.29, 1.82) is 0 Å². The molecule has 0 N–H and O–H groups in total. The van der Waals surface area contributed by atoms with Gasteiger partial charge in [0.05, 0.1) is 0 Å². The predicted molar refractivity (Wildman–Crippen MR) is 73.9 cm³/mol. The number of oxazole rings is 1. The van der Waals surface area contributed by atoms with Gasteiger partial charge >= 0.3 is 6.18 Å². The maximum atomic E-state index is 12.8. The monoisotopic (exact) mass is 326 g/mol. The number of piperazine rings is 1. The van der Waals surface area contributed by atoms with Crippen LogP contribution in [-0.2, 0) is 6.18 Å². The number of halogens is 3. The van der Waals surface area contributed by atoms with Gasteiger partial charge in [-0.05, 0) is 12.1 Å². The third-order valence-corrected chi connectivity index (χ3v) is 3.57. The number of carbonyl (C=O) groups excluding carboxylic acids is 1. The Kier molecular flexibility index (Phi) is 3.93. The van der Waals surface area contributed by atoms with Gasteiger partial charge < -0.3 is 14.2 Å². The summed E-state index contributed by atoms with van der Waals surface area (Å²) in [6.45, 7) is 1.56. The van der Waals surface area contributed by atoms with E-state index in [-0.39, 0.29) is 0 Å². The molecule has 0 aliphatic carbocycles. The summed E-state index contributed by atoms with van der Waals surface area (Å²) >= 11 is 0. The maximum absolute atomic E-state index is 12.8. The second-order valence-corrected chi connectivity index (χ2v) is 5.00. The topological polar surface area (TPSA) is 62.5 Å². The molecule has 1 amide bonds. The minimum Gasteiger partial charge on any atom is -0.438 e. The second-order valence-electron chi connectivity index (χ2n) is 5.00. The molecule has 6 nitrogen and oxygen atoms in total. The van der Waals surface area contributed by atoms with E-state index in [0.717, 1.165) is 5.82 Å². The highest BCUT2D eigenvalue weighted by Crippen LogP contribution is 2.32. The van der Waals surface area contributed by atoms with Gasteiger partial charge in [0.25, 0.3) is 5.91 Å². The third-order valence-electron chi connectivity index (χ3n) is 3.57. The number of aromatic nitrogens is 2. The van der Waals surface area contributed by atoms with Crippen LogP contribution in [0.25, 0.3) is 0 Å². The SMILES string of the molecule is O=C(c1ncoc1C(F)(F)F)N1CCN(c2ccccn2)CC1. The Hall–Kier alpha value is -2.58. The van der Waals surface area contributed by atoms with E-state index in [1.807, 2.05) is 17.0 Å². The minimum atomic E-state index is -4.74. The van der Waals surface area contributed by atoms with Crippen LogP contribution < -0.4 is 4.90 Å². The standard InChI is InChI=1S/C14H13F3N4O2/c15-14(16,17)12-11(19-9-23-12)13(22)21-7-5-20(6-8-21)10-3-1-2-4-18-10/h1-4,9H,5-8H2. The van der Waals surface area contributed by atoms with E-state index in [0.29, 0.717) is 32.6 Å². The molecule has 1 saturated heterocycles. The van der Waals surface area contributed by atoms with E-state index in [1.54, 1.807) is 12.3 Å². The summed E-state index contributed by atoms with van der Waals surface area (Å²) < 4.78 is 42.6. The normalized spacial score (nSPS) is 15.8. The molecule has 1 aliphatic heterocycles. The summed E-state index contributed by atoms with van der Waals surface area (Å²) in [5.41, 5.74) is -0.691. The van der Waals surface area contributed by atoms with Crippen molar-refractivity contribution in [3.05, 3.63) is 42.2 Å². The average molecular weight is 326 g/mol. The lowest BCUT2D eigenvalue weighted by Crippen LogP contribution is -2.49. The fourth-order valence-electron chi connectivity index (χ4n) is 2.43. The number of amides is 1. The Morgan fingerprint density at radius 1 is 1.13 bits per heavy atom. The number of rotatable bonds is 2. The van der Waals surface area contributed by atoms with Gasteiger partial charge in [-0.3, -0.25) is 4.79 Å². The van der Waals surface area contributed by atoms with Crippen LogP contribution in [0.1, 0.15) is 16.2 Å². The zero-order valence-corrected chi connectivity index (χ0v) is 12.0. The number of carbonyl (C=O) groups is 1. The van der Waals surface area contributed by atoms with Crippen LogP contribution >= 0.6 is 0 Å².